The first-order valence-electron chi connectivity index (χ1n) is 10.8. The maximum Gasteiger partial charge on any atom is 0.341 e. The van der Waals surface area contributed by atoms with E-state index in [4.69, 9.17) is 14.2 Å². The fraction of sp³-hybridized carbons (Fsp3) is 0.435. The number of thiophene rings is 1. The van der Waals surface area contributed by atoms with Gasteiger partial charge in [0.2, 0.25) is 0 Å². The van der Waals surface area contributed by atoms with Crippen LogP contribution < -0.4 is 20.2 Å². The number of amides is 2. The van der Waals surface area contributed by atoms with Crippen molar-refractivity contribution in [3.05, 3.63) is 39.8 Å². The van der Waals surface area contributed by atoms with Gasteiger partial charge in [-0.2, -0.15) is 5.10 Å². The van der Waals surface area contributed by atoms with E-state index in [2.05, 4.69) is 15.8 Å². The zero-order valence-corrected chi connectivity index (χ0v) is 19.5. The van der Waals surface area contributed by atoms with E-state index < -0.39 is 12.0 Å². The van der Waals surface area contributed by atoms with E-state index in [9.17, 15) is 9.59 Å². The first-order valence-corrected chi connectivity index (χ1v) is 11.6. The molecule has 0 unspecified atom stereocenters. The molecule has 1 heterocycles. The Balaban J connectivity index is 1.67. The second-order valence-corrected chi connectivity index (χ2v) is 8.32. The maximum absolute atomic E-state index is 12.5. The molecule has 172 valence electrons. The fourth-order valence-electron chi connectivity index (χ4n) is 3.47. The summed E-state index contributed by atoms with van der Waals surface area (Å²) >= 11 is 1.43. The summed E-state index contributed by atoms with van der Waals surface area (Å²) in [6, 6.07) is 4.88. The molecule has 32 heavy (non-hydrogen) atoms. The van der Waals surface area contributed by atoms with Gasteiger partial charge >= 0.3 is 12.0 Å². The van der Waals surface area contributed by atoms with Crippen molar-refractivity contribution < 1.29 is 23.8 Å². The number of carbonyl (C=O) groups is 2. The van der Waals surface area contributed by atoms with Gasteiger partial charge < -0.3 is 14.2 Å². The average molecular weight is 460 g/mol. The quantitative estimate of drug-likeness (QED) is 0.320. The highest BCUT2D eigenvalue weighted by Gasteiger charge is 2.27. The van der Waals surface area contributed by atoms with Crippen molar-refractivity contribution >= 4 is 34.6 Å². The van der Waals surface area contributed by atoms with Crippen LogP contribution in [0, 0.1) is 0 Å². The van der Waals surface area contributed by atoms with Crippen LogP contribution in [0.3, 0.4) is 0 Å². The number of anilines is 1. The van der Waals surface area contributed by atoms with E-state index in [0.29, 0.717) is 28.7 Å². The SMILES string of the molecule is CCCOc1ccc(C=NNC(=O)Nc2sc3c(c2C(=O)OCC)CCCC3)cc1OC. The molecule has 0 bridgehead atoms. The van der Waals surface area contributed by atoms with Crippen molar-refractivity contribution in [1.82, 2.24) is 5.43 Å². The molecule has 2 amide bonds. The van der Waals surface area contributed by atoms with Crippen LogP contribution in [0.15, 0.2) is 23.3 Å². The van der Waals surface area contributed by atoms with Crippen LogP contribution in [0.25, 0.3) is 0 Å². The molecular formula is C23H29N3O5S. The highest BCUT2D eigenvalue weighted by Crippen LogP contribution is 2.38. The average Bonchev–Trinajstić information content (AvgIpc) is 3.15. The molecule has 1 aliphatic carbocycles. The lowest BCUT2D eigenvalue weighted by Crippen LogP contribution is -2.25. The molecule has 0 fully saturated rings. The molecule has 3 rings (SSSR count). The van der Waals surface area contributed by atoms with Crippen molar-refractivity contribution in [2.75, 3.05) is 25.6 Å². The monoisotopic (exact) mass is 459 g/mol. The maximum atomic E-state index is 12.5. The highest BCUT2D eigenvalue weighted by molar-refractivity contribution is 7.17. The van der Waals surface area contributed by atoms with Crippen LogP contribution in [-0.2, 0) is 17.6 Å². The van der Waals surface area contributed by atoms with Gasteiger partial charge in [0.15, 0.2) is 11.5 Å². The summed E-state index contributed by atoms with van der Waals surface area (Å²) in [5.74, 6) is 0.851. The molecule has 8 nitrogen and oxygen atoms in total. The Morgan fingerprint density at radius 3 is 2.75 bits per heavy atom. The number of ether oxygens (including phenoxy) is 3. The van der Waals surface area contributed by atoms with E-state index in [1.807, 2.05) is 13.0 Å². The van der Waals surface area contributed by atoms with Gasteiger partial charge in [-0.3, -0.25) is 5.32 Å². The topological polar surface area (TPSA) is 98.2 Å². The summed E-state index contributed by atoms with van der Waals surface area (Å²) in [6.07, 6.45) is 6.25. The summed E-state index contributed by atoms with van der Waals surface area (Å²) in [6.45, 7) is 4.69. The Hall–Kier alpha value is -3.07. The molecule has 0 aliphatic heterocycles. The minimum absolute atomic E-state index is 0.283. The Labute approximate surface area is 191 Å². The molecule has 0 saturated heterocycles. The molecule has 0 saturated carbocycles. The number of nitrogens with one attached hydrogen (secondary N) is 2. The van der Waals surface area contributed by atoms with Crippen LogP contribution in [0.1, 0.15) is 59.5 Å². The summed E-state index contributed by atoms with van der Waals surface area (Å²) in [5, 5.41) is 7.26. The predicted octanol–water partition coefficient (Wildman–Crippen LogP) is 4.76. The van der Waals surface area contributed by atoms with Gasteiger partial charge in [-0.15, -0.1) is 11.3 Å². The number of nitrogens with zero attached hydrogens (tertiary/aromatic N) is 1. The first kappa shape index (κ1) is 23.6. The molecule has 9 heteroatoms. The highest BCUT2D eigenvalue weighted by atomic mass is 32.1. The zero-order chi connectivity index (χ0) is 22.9. The van der Waals surface area contributed by atoms with Gasteiger partial charge in [0.05, 0.1) is 32.1 Å². The number of methoxy groups -OCH3 is 1. The van der Waals surface area contributed by atoms with E-state index in [0.717, 1.165) is 48.1 Å². The minimum Gasteiger partial charge on any atom is -0.493 e. The molecule has 0 spiro atoms. The smallest absolute Gasteiger partial charge is 0.341 e. The van der Waals surface area contributed by atoms with Crippen LogP contribution in [-0.4, -0.2) is 38.5 Å². The van der Waals surface area contributed by atoms with Crippen molar-refractivity contribution in [3.63, 3.8) is 0 Å². The van der Waals surface area contributed by atoms with Gasteiger partial charge in [0.1, 0.15) is 5.00 Å². The molecule has 2 aromatic rings. The fourth-order valence-corrected chi connectivity index (χ4v) is 4.74. The van der Waals surface area contributed by atoms with Gasteiger partial charge in [-0.1, -0.05) is 6.92 Å². The Kier molecular flexibility index (Phi) is 8.49. The van der Waals surface area contributed by atoms with Crippen LogP contribution in [0.4, 0.5) is 9.80 Å². The Bertz CT molecular complexity index is 986. The van der Waals surface area contributed by atoms with Crippen LogP contribution in [0.5, 0.6) is 11.5 Å². The molecule has 1 aromatic carbocycles. The number of urea groups is 1. The second-order valence-electron chi connectivity index (χ2n) is 7.22. The van der Waals surface area contributed by atoms with Crippen molar-refractivity contribution in [3.8, 4) is 11.5 Å². The number of rotatable bonds is 9. The number of benzene rings is 1. The number of aryl methyl sites for hydroxylation is 1. The molecule has 0 atom stereocenters. The second kappa shape index (κ2) is 11.5. The third kappa shape index (κ3) is 5.79. The molecule has 2 N–H and O–H groups in total. The van der Waals surface area contributed by atoms with Gasteiger partial charge in [-0.25, -0.2) is 15.0 Å². The molecule has 1 aliphatic rings. The van der Waals surface area contributed by atoms with Crippen molar-refractivity contribution in [2.24, 2.45) is 5.10 Å². The largest absolute Gasteiger partial charge is 0.493 e. The number of esters is 1. The number of fused-ring (bicyclic) bond motifs is 1. The van der Waals surface area contributed by atoms with Crippen LogP contribution >= 0.6 is 11.3 Å². The van der Waals surface area contributed by atoms with E-state index in [1.165, 1.54) is 17.6 Å². The summed E-state index contributed by atoms with van der Waals surface area (Å²) in [5.41, 5.74) is 4.65. The number of hydrazone groups is 1. The Morgan fingerprint density at radius 1 is 1.19 bits per heavy atom. The summed E-state index contributed by atoms with van der Waals surface area (Å²) in [7, 11) is 1.57. The molecule has 0 radical (unpaired) electrons. The molecular weight excluding hydrogens is 430 g/mol. The van der Waals surface area contributed by atoms with E-state index >= 15 is 0 Å². The van der Waals surface area contributed by atoms with Gasteiger partial charge in [-0.05, 0) is 68.4 Å². The first-order chi connectivity index (χ1) is 15.6. The predicted molar refractivity (Wildman–Crippen MR) is 125 cm³/mol. The van der Waals surface area contributed by atoms with Gasteiger partial charge in [0, 0.05) is 4.88 Å². The normalized spacial score (nSPS) is 12.8. The number of carbonyl (C=O) groups excluding carboxylic acids is 2. The van der Waals surface area contributed by atoms with E-state index in [1.54, 1.807) is 26.2 Å². The van der Waals surface area contributed by atoms with Gasteiger partial charge in [0.25, 0.3) is 0 Å². The lowest BCUT2D eigenvalue weighted by Gasteiger charge is -2.12. The van der Waals surface area contributed by atoms with Crippen molar-refractivity contribution in [1.29, 1.82) is 0 Å². The third-order valence-corrected chi connectivity index (χ3v) is 6.11. The number of hydrogen-bond donors (Lipinski definition) is 2. The summed E-state index contributed by atoms with van der Waals surface area (Å²) < 4.78 is 16.2. The standard InChI is InChI=1S/C23H29N3O5S/c1-4-12-31-17-11-10-15(13-18(17)29-3)14-24-26-23(28)25-21-20(22(27)30-5-2)16-8-6-7-9-19(16)32-21/h10-11,13-14H,4-9,12H2,1-3H3,(H2,25,26,28). The number of hydrogen-bond acceptors (Lipinski definition) is 7. The lowest BCUT2D eigenvalue weighted by atomic mass is 9.95. The third-order valence-electron chi connectivity index (χ3n) is 4.91. The zero-order valence-electron chi connectivity index (χ0n) is 18.7. The summed E-state index contributed by atoms with van der Waals surface area (Å²) in [4.78, 5) is 26.0. The lowest BCUT2D eigenvalue weighted by molar-refractivity contribution is 0.0526. The van der Waals surface area contributed by atoms with Crippen LogP contribution in [0.2, 0.25) is 0 Å². The van der Waals surface area contributed by atoms with Crippen molar-refractivity contribution in [2.45, 2.75) is 46.0 Å². The van der Waals surface area contributed by atoms with E-state index in [-0.39, 0.29) is 6.61 Å². The Morgan fingerprint density at radius 2 is 2.00 bits per heavy atom. The minimum atomic E-state index is -0.528. The molecule has 1 aromatic heterocycles.